The smallest absolute Gasteiger partial charge is 0.196 e. The fraction of sp³-hybridized carbons (Fsp3) is 0. The Labute approximate surface area is 170 Å². The number of hydrogen-bond donors (Lipinski definition) is 0. The first-order valence-corrected chi connectivity index (χ1v) is 9.80. The quantitative estimate of drug-likeness (QED) is 0.312. The van der Waals surface area contributed by atoms with Crippen LogP contribution in [0.5, 0.6) is 0 Å². The van der Waals surface area contributed by atoms with Gasteiger partial charge in [-0.1, -0.05) is 0 Å². The number of rotatable bonds is 0. The summed E-state index contributed by atoms with van der Waals surface area (Å²) in [6.45, 7) is 0. The molecule has 0 saturated carbocycles. The number of benzene rings is 2. The molecule has 6 heteroatoms. The minimum absolute atomic E-state index is 0.0413. The van der Waals surface area contributed by atoms with Gasteiger partial charge in [-0.15, -0.1) is 0 Å². The highest BCUT2D eigenvalue weighted by Crippen LogP contribution is 2.36. The molecule has 1 aliphatic rings. The first-order valence-electron chi connectivity index (χ1n) is 5.49. The molecule has 0 fully saturated rings. The van der Waals surface area contributed by atoms with Gasteiger partial charge in [0.15, 0.2) is 11.6 Å². The molecule has 2 aromatic rings. The maximum absolute atomic E-state index is 12.8. The topological polar surface area (TPSA) is 34.1 Å². The van der Waals surface area contributed by atoms with Crippen LogP contribution in [0.25, 0.3) is 0 Å². The zero-order chi connectivity index (χ0) is 14.6. The summed E-state index contributed by atoms with van der Waals surface area (Å²) >= 11 is 8.49. The molecule has 0 amide bonds. The first-order chi connectivity index (χ1) is 9.43. The zero-order valence-electron chi connectivity index (χ0n) is 9.64. The van der Waals surface area contributed by atoms with Gasteiger partial charge in [-0.2, -0.15) is 0 Å². The minimum atomic E-state index is -0.0413. The van der Waals surface area contributed by atoms with E-state index >= 15 is 0 Å². The molecule has 100 valence electrons. The first kappa shape index (κ1) is 15.6. The van der Waals surface area contributed by atoms with E-state index in [2.05, 4.69) is 90.4 Å². The van der Waals surface area contributed by atoms with Crippen molar-refractivity contribution in [1.82, 2.24) is 0 Å². The normalized spacial score (nSPS) is 13.2. The largest absolute Gasteiger partial charge is 0.288 e. The van der Waals surface area contributed by atoms with Crippen LogP contribution in [0.1, 0.15) is 31.8 Å². The molecule has 2 nitrogen and oxygen atoms in total. The molecule has 2 aromatic carbocycles. The highest BCUT2D eigenvalue weighted by molar-refractivity contribution is 14.1. The third-order valence-electron chi connectivity index (χ3n) is 3.12. The van der Waals surface area contributed by atoms with Crippen molar-refractivity contribution in [3.8, 4) is 0 Å². The van der Waals surface area contributed by atoms with Crippen molar-refractivity contribution in [3.63, 3.8) is 0 Å². The number of hydrogen-bond acceptors (Lipinski definition) is 2. The van der Waals surface area contributed by atoms with Crippen molar-refractivity contribution < 1.29 is 9.59 Å². The van der Waals surface area contributed by atoms with Gasteiger partial charge < -0.3 is 0 Å². The van der Waals surface area contributed by atoms with Gasteiger partial charge in [-0.3, -0.25) is 9.59 Å². The highest BCUT2D eigenvalue weighted by Gasteiger charge is 2.35. The van der Waals surface area contributed by atoms with Crippen LogP contribution in [-0.2, 0) is 0 Å². The zero-order valence-corrected chi connectivity index (χ0v) is 18.3. The molecule has 0 spiro atoms. The Morgan fingerprint density at radius 3 is 0.900 bits per heavy atom. The molecule has 0 saturated heterocycles. The molecule has 0 unspecified atom stereocenters. The van der Waals surface area contributed by atoms with Gasteiger partial charge >= 0.3 is 0 Å². The van der Waals surface area contributed by atoms with E-state index in [1.54, 1.807) is 0 Å². The summed E-state index contributed by atoms with van der Waals surface area (Å²) in [4.78, 5) is 25.7. The lowest BCUT2D eigenvalue weighted by Gasteiger charge is -2.21. The predicted molar refractivity (Wildman–Crippen MR) is 111 cm³/mol. The van der Waals surface area contributed by atoms with Crippen LogP contribution in [0.15, 0.2) is 24.3 Å². The van der Waals surface area contributed by atoms with Gasteiger partial charge in [0.25, 0.3) is 0 Å². The molecule has 0 aliphatic heterocycles. The summed E-state index contributed by atoms with van der Waals surface area (Å²) in [7, 11) is 0. The molecule has 1 aliphatic carbocycles. The van der Waals surface area contributed by atoms with Gasteiger partial charge in [-0.25, -0.2) is 0 Å². The van der Waals surface area contributed by atoms with Crippen LogP contribution in [-0.4, -0.2) is 11.6 Å². The molecule has 0 heterocycles. The summed E-state index contributed by atoms with van der Waals surface area (Å²) in [5.41, 5.74) is 2.20. The van der Waals surface area contributed by atoms with E-state index in [4.69, 9.17) is 0 Å². The molecule has 0 radical (unpaired) electrons. The highest BCUT2D eigenvalue weighted by atomic mass is 127. The fourth-order valence-electron chi connectivity index (χ4n) is 2.24. The maximum atomic E-state index is 12.8. The molecular weight excluding hydrogens is 708 g/mol. The molecule has 3 rings (SSSR count). The van der Waals surface area contributed by atoms with Crippen molar-refractivity contribution in [1.29, 1.82) is 0 Å². The third-order valence-corrected chi connectivity index (χ3v) is 6.71. The van der Waals surface area contributed by atoms with Gasteiger partial charge in [0, 0.05) is 36.5 Å². The Hall–Kier alpha value is 0.700. The summed E-state index contributed by atoms with van der Waals surface area (Å²) in [6, 6.07) is 7.55. The van der Waals surface area contributed by atoms with Gasteiger partial charge in [0.05, 0.1) is 0 Å². The van der Waals surface area contributed by atoms with E-state index in [9.17, 15) is 9.59 Å². The average Bonchev–Trinajstić information content (AvgIpc) is 2.41. The van der Waals surface area contributed by atoms with Gasteiger partial charge in [-0.05, 0) is 115 Å². The average molecular weight is 712 g/mol. The Bertz CT molecular complexity index is 667. The van der Waals surface area contributed by atoms with E-state index in [1.165, 1.54) is 0 Å². The summed E-state index contributed by atoms with van der Waals surface area (Å²) in [6.07, 6.45) is 0. The van der Waals surface area contributed by atoms with Crippen molar-refractivity contribution in [3.05, 3.63) is 60.8 Å². The molecule has 20 heavy (non-hydrogen) atoms. The number of carbonyl (C=O) groups excluding carboxylic acids is 2. The maximum Gasteiger partial charge on any atom is 0.196 e. The van der Waals surface area contributed by atoms with E-state index in [1.807, 2.05) is 24.3 Å². The molecule has 0 aromatic heterocycles. The second kappa shape index (κ2) is 5.72. The van der Waals surface area contributed by atoms with Crippen molar-refractivity contribution in [2.45, 2.75) is 0 Å². The molecule has 0 atom stereocenters. The Balaban J connectivity index is 2.46. The van der Waals surface area contributed by atoms with E-state index < -0.39 is 0 Å². The van der Waals surface area contributed by atoms with Gasteiger partial charge in [0.2, 0.25) is 0 Å². The number of halogens is 4. The lowest BCUT2D eigenvalue weighted by molar-refractivity contribution is 0.0976. The number of carbonyl (C=O) groups is 2. The summed E-state index contributed by atoms with van der Waals surface area (Å²) in [5, 5.41) is 0. The van der Waals surface area contributed by atoms with Gasteiger partial charge in [0.1, 0.15) is 0 Å². The van der Waals surface area contributed by atoms with Crippen LogP contribution >= 0.6 is 90.4 Å². The Kier molecular flexibility index (Phi) is 4.46. The lowest BCUT2D eigenvalue weighted by Crippen LogP contribution is -2.25. The predicted octanol–water partition coefficient (Wildman–Crippen LogP) is 4.88. The standard InChI is InChI=1S/C14H4I4O2/c15-5-1-2-6(16)10-9(5)13(19)11-7(17)3-4-8(18)12(11)14(10)20/h1-4H. The van der Waals surface area contributed by atoms with Crippen LogP contribution in [0, 0.1) is 14.3 Å². The Morgan fingerprint density at radius 2 is 0.700 bits per heavy atom. The molecular formula is C14H4I4O2. The monoisotopic (exact) mass is 712 g/mol. The van der Waals surface area contributed by atoms with Crippen LogP contribution < -0.4 is 0 Å². The van der Waals surface area contributed by atoms with Crippen molar-refractivity contribution in [2.75, 3.05) is 0 Å². The second-order valence-corrected chi connectivity index (χ2v) is 8.87. The molecule has 0 N–H and O–H groups in total. The second-order valence-electron chi connectivity index (χ2n) is 4.22. The summed E-state index contributed by atoms with van der Waals surface area (Å²) < 4.78 is 3.32. The molecule has 0 bridgehead atoms. The minimum Gasteiger partial charge on any atom is -0.288 e. The van der Waals surface area contributed by atoms with Crippen molar-refractivity contribution in [2.24, 2.45) is 0 Å². The van der Waals surface area contributed by atoms with Crippen molar-refractivity contribution >= 4 is 102 Å². The lowest BCUT2D eigenvalue weighted by atomic mass is 9.84. The van der Waals surface area contributed by atoms with E-state index in [-0.39, 0.29) is 11.6 Å². The van der Waals surface area contributed by atoms with E-state index in [0.29, 0.717) is 22.3 Å². The SMILES string of the molecule is O=C1c2c(I)ccc(I)c2C(=O)c2c(I)ccc(I)c21. The fourth-order valence-corrected chi connectivity index (χ4v) is 5.02. The number of ketones is 2. The number of fused-ring (bicyclic) bond motifs is 2. The van der Waals surface area contributed by atoms with Crippen LogP contribution in [0.3, 0.4) is 0 Å². The Morgan fingerprint density at radius 1 is 0.500 bits per heavy atom. The van der Waals surface area contributed by atoms with Crippen LogP contribution in [0.4, 0.5) is 0 Å². The summed E-state index contributed by atoms with van der Waals surface area (Å²) in [5.74, 6) is -0.0825. The third kappa shape index (κ3) is 2.28. The van der Waals surface area contributed by atoms with Crippen LogP contribution in [0.2, 0.25) is 0 Å². The van der Waals surface area contributed by atoms with E-state index in [0.717, 1.165) is 14.3 Å².